The summed E-state index contributed by atoms with van der Waals surface area (Å²) in [4.78, 5) is 21.0. The number of H-pyrrole nitrogens is 1. The van der Waals surface area contributed by atoms with E-state index < -0.39 is 12.1 Å². The Hall–Kier alpha value is -4.15. The van der Waals surface area contributed by atoms with Crippen LogP contribution < -0.4 is 9.47 Å². The number of benzene rings is 2. The molecule has 0 fully saturated rings. The number of nitrogens with zero attached hydrogens (tertiary/aromatic N) is 2. The van der Waals surface area contributed by atoms with E-state index in [-0.39, 0.29) is 18.5 Å². The van der Waals surface area contributed by atoms with Crippen LogP contribution in [0, 0.1) is 5.82 Å². The SMILES string of the molecule is CC(C)Oc1cc(OCc2ccccc2F)cc(-c2nc3cccnc3[nH]2)c1.O=C(O)C(F)(F)F. The van der Waals surface area contributed by atoms with Gasteiger partial charge in [-0.2, -0.15) is 13.2 Å². The molecule has 35 heavy (non-hydrogen) atoms. The number of aromatic nitrogens is 3. The fourth-order valence-corrected chi connectivity index (χ4v) is 2.89. The summed E-state index contributed by atoms with van der Waals surface area (Å²) >= 11 is 0. The third kappa shape index (κ3) is 7.16. The molecule has 0 saturated heterocycles. The Bertz CT molecular complexity index is 1270. The van der Waals surface area contributed by atoms with Gasteiger partial charge in [0.15, 0.2) is 5.65 Å². The van der Waals surface area contributed by atoms with Gasteiger partial charge in [0.1, 0.15) is 35.3 Å². The standard InChI is InChI=1S/C22H20FN3O2.C2HF3O2/c1-14(2)28-18-11-16(21-25-20-8-5-9-24-22(20)26-21)10-17(12-18)27-13-15-6-3-4-7-19(15)23;3-2(4,5)1(6)7/h3-12,14H,13H2,1-2H3,(H,24,25,26);(H,6,7). The van der Waals surface area contributed by atoms with Crippen LogP contribution in [0.15, 0.2) is 60.8 Å². The molecule has 4 rings (SSSR count). The number of hydrogen-bond donors (Lipinski definition) is 2. The normalized spacial score (nSPS) is 11.2. The third-order valence-electron chi connectivity index (χ3n) is 4.38. The number of alkyl halides is 3. The lowest BCUT2D eigenvalue weighted by molar-refractivity contribution is -0.192. The van der Waals surface area contributed by atoms with E-state index in [1.807, 2.05) is 38.1 Å². The van der Waals surface area contributed by atoms with E-state index in [9.17, 15) is 17.6 Å². The molecule has 2 heterocycles. The van der Waals surface area contributed by atoms with Crippen LogP contribution in [0.4, 0.5) is 17.6 Å². The molecule has 0 aliphatic carbocycles. The number of aliphatic carboxylic acids is 1. The number of carboxylic acids is 1. The van der Waals surface area contributed by atoms with Gasteiger partial charge in [-0.05, 0) is 44.2 Å². The summed E-state index contributed by atoms with van der Waals surface area (Å²) in [5.41, 5.74) is 2.79. The zero-order valence-corrected chi connectivity index (χ0v) is 18.6. The number of pyridine rings is 1. The highest BCUT2D eigenvalue weighted by Gasteiger charge is 2.38. The first-order valence-electron chi connectivity index (χ1n) is 10.3. The number of halogens is 4. The highest BCUT2D eigenvalue weighted by Crippen LogP contribution is 2.30. The van der Waals surface area contributed by atoms with Crippen molar-refractivity contribution in [1.82, 2.24) is 15.0 Å². The number of hydrogen-bond acceptors (Lipinski definition) is 5. The molecule has 184 valence electrons. The number of fused-ring (bicyclic) bond motifs is 1. The second-order valence-electron chi connectivity index (χ2n) is 7.50. The number of carboxylic acid groups (broad SMARTS) is 1. The second kappa shape index (κ2) is 10.9. The minimum atomic E-state index is -5.08. The number of rotatable bonds is 6. The molecule has 0 unspecified atom stereocenters. The molecular weight excluding hydrogens is 470 g/mol. The van der Waals surface area contributed by atoms with Gasteiger partial charge in [0.05, 0.1) is 6.10 Å². The van der Waals surface area contributed by atoms with E-state index in [2.05, 4.69) is 15.0 Å². The predicted octanol–water partition coefficient (Wildman–Crippen LogP) is 5.76. The molecule has 0 spiro atoms. The number of carbonyl (C=O) groups is 1. The van der Waals surface area contributed by atoms with Crippen LogP contribution >= 0.6 is 0 Å². The fourth-order valence-electron chi connectivity index (χ4n) is 2.89. The molecule has 11 heteroatoms. The summed E-state index contributed by atoms with van der Waals surface area (Å²) in [6, 6.07) is 15.8. The molecular formula is C24H21F4N3O4. The lowest BCUT2D eigenvalue weighted by atomic mass is 10.2. The maximum atomic E-state index is 13.9. The predicted molar refractivity (Wildman–Crippen MR) is 120 cm³/mol. The zero-order valence-electron chi connectivity index (χ0n) is 18.6. The quantitative estimate of drug-likeness (QED) is 0.333. The van der Waals surface area contributed by atoms with Crippen LogP contribution in [-0.2, 0) is 11.4 Å². The molecule has 2 aromatic heterocycles. The molecule has 0 bridgehead atoms. The monoisotopic (exact) mass is 491 g/mol. The van der Waals surface area contributed by atoms with Crippen molar-refractivity contribution in [2.24, 2.45) is 0 Å². The summed E-state index contributed by atoms with van der Waals surface area (Å²) in [6.07, 6.45) is -3.36. The molecule has 7 nitrogen and oxygen atoms in total. The van der Waals surface area contributed by atoms with Crippen molar-refractivity contribution in [3.63, 3.8) is 0 Å². The van der Waals surface area contributed by atoms with Crippen molar-refractivity contribution >= 4 is 17.1 Å². The number of imidazole rings is 1. The second-order valence-corrected chi connectivity index (χ2v) is 7.50. The first-order chi connectivity index (χ1) is 16.5. The molecule has 2 N–H and O–H groups in total. The van der Waals surface area contributed by atoms with E-state index in [0.29, 0.717) is 28.5 Å². The minimum Gasteiger partial charge on any atom is -0.491 e. The topological polar surface area (TPSA) is 97.3 Å². The number of ether oxygens (including phenoxy) is 2. The molecule has 4 aromatic rings. The average molecular weight is 491 g/mol. The van der Waals surface area contributed by atoms with E-state index >= 15 is 0 Å². The van der Waals surface area contributed by atoms with Crippen molar-refractivity contribution in [1.29, 1.82) is 0 Å². The molecule has 0 aliphatic rings. The lowest BCUT2D eigenvalue weighted by Gasteiger charge is -2.14. The van der Waals surface area contributed by atoms with Gasteiger partial charge in [0, 0.05) is 23.4 Å². The Kier molecular flexibility index (Phi) is 7.90. The highest BCUT2D eigenvalue weighted by atomic mass is 19.4. The van der Waals surface area contributed by atoms with Gasteiger partial charge in [-0.15, -0.1) is 0 Å². The van der Waals surface area contributed by atoms with E-state index in [1.165, 1.54) is 6.07 Å². The van der Waals surface area contributed by atoms with Gasteiger partial charge in [-0.25, -0.2) is 19.2 Å². The minimum absolute atomic E-state index is 0.00649. The average Bonchev–Trinajstić information content (AvgIpc) is 3.22. The van der Waals surface area contributed by atoms with Gasteiger partial charge in [-0.1, -0.05) is 18.2 Å². The Morgan fingerprint density at radius 3 is 2.40 bits per heavy atom. The molecule has 0 atom stereocenters. The fraction of sp³-hybridized carbons (Fsp3) is 0.208. The van der Waals surface area contributed by atoms with Gasteiger partial charge < -0.3 is 19.6 Å². The van der Waals surface area contributed by atoms with Crippen LogP contribution in [0.2, 0.25) is 0 Å². The molecule has 0 radical (unpaired) electrons. The number of nitrogens with one attached hydrogen (secondary N) is 1. The molecule has 0 amide bonds. The molecule has 0 aliphatic heterocycles. The maximum Gasteiger partial charge on any atom is 0.490 e. The first-order valence-corrected chi connectivity index (χ1v) is 10.3. The van der Waals surface area contributed by atoms with Crippen LogP contribution in [-0.4, -0.2) is 38.3 Å². The Morgan fingerprint density at radius 1 is 1.09 bits per heavy atom. The summed E-state index contributed by atoms with van der Waals surface area (Å²) in [6.45, 7) is 4.04. The third-order valence-corrected chi connectivity index (χ3v) is 4.38. The van der Waals surface area contributed by atoms with Gasteiger partial charge >= 0.3 is 12.1 Å². The highest BCUT2D eigenvalue weighted by molar-refractivity contribution is 5.76. The maximum absolute atomic E-state index is 13.9. The lowest BCUT2D eigenvalue weighted by Crippen LogP contribution is -2.21. The Labute approximate surface area is 197 Å². The summed E-state index contributed by atoms with van der Waals surface area (Å²) < 4.78 is 57.3. The van der Waals surface area contributed by atoms with Gasteiger partial charge in [0.2, 0.25) is 0 Å². The summed E-state index contributed by atoms with van der Waals surface area (Å²) in [5, 5.41) is 7.12. The van der Waals surface area contributed by atoms with Crippen LogP contribution in [0.5, 0.6) is 11.5 Å². The van der Waals surface area contributed by atoms with Crippen LogP contribution in [0.3, 0.4) is 0 Å². The molecule has 2 aromatic carbocycles. The van der Waals surface area contributed by atoms with Crippen molar-refractivity contribution in [2.45, 2.75) is 32.7 Å². The molecule has 0 saturated carbocycles. The zero-order chi connectivity index (χ0) is 25.6. The van der Waals surface area contributed by atoms with Crippen molar-refractivity contribution in [3.05, 3.63) is 72.2 Å². The van der Waals surface area contributed by atoms with Crippen LogP contribution in [0.1, 0.15) is 19.4 Å². The Balaban J connectivity index is 0.000000429. The van der Waals surface area contributed by atoms with E-state index in [4.69, 9.17) is 19.4 Å². The first kappa shape index (κ1) is 25.5. The van der Waals surface area contributed by atoms with Crippen molar-refractivity contribution < 1.29 is 36.9 Å². The van der Waals surface area contributed by atoms with Gasteiger partial charge in [-0.3, -0.25) is 0 Å². The van der Waals surface area contributed by atoms with Crippen molar-refractivity contribution in [3.8, 4) is 22.9 Å². The Morgan fingerprint density at radius 2 is 1.77 bits per heavy atom. The number of aromatic amines is 1. The van der Waals surface area contributed by atoms with Crippen LogP contribution in [0.25, 0.3) is 22.6 Å². The largest absolute Gasteiger partial charge is 0.491 e. The summed E-state index contributed by atoms with van der Waals surface area (Å²) in [7, 11) is 0. The van der Waals surface area contributed by atoms with E-state index in [0.717, 1.165) is 11.1 Å². The van der Waals surface area contributed by atoms with Gasteiger partial charge in [0.25, 0.3) is 0 Å². The smallest absolute Gasteiger partial charge is 0.490 e. The van der Waals surface area contributed by atoms with Crippen molar-refractivity contribution in [2.75, 3.05) is 0 Å². The van der Waals surface area contributed by atoms with E-state index in [1.54, 1.807) is 30.5 Å². The summed E-state index contributed by atoms with van der Waals surface area (Å²) in [5.74, 6) is -1.15.